The van der Waals surface area contributed by atoms with Gasteiger partial charge in [0, 0.05) is 5.56 Å². The van der Waals surface area contributed by atoms with E-state index in [1.165, 1.54) is 31.6 Å². The van der Waals surface area contributed by atoms with Crippen LogP contribution < -0.4 is 9.47 Å². The molecule has 0 aliphatic rings. The lowest BCUT2D eigenvalue weighted by molar-refractivity contribution is 0.340. The molecule has 0 spiro atoms. The maximum Gasteiger partial charge on any atom is 0.200 e. The normalized spacial score (nSPS) is 10.8. The molecule has 2 rings (SSSR count). The first-order valence-corrected chi connectivity index (χ1v) is 5.08. The van der Waals surface area contributed by atoms with Gasteiger partial charge >= 0.3 is 0 Å². The Morgan fingerprint density at radius 3 is 2.22 bits per heavy atom. The number of ether oxygens (including phenoxy) is 2. The molecule has 0 saturated heterocycles. The molecular formula is C11H12N4O3. The fourth-order valence-corrected chi connectivity index (χ4v) is 1.38. The summed E-state index contributed by atoms with van der Waals surface area (Å²) in [5.41, 5.74) is 0.718. The van der Waals surface area contributed by atoms with E-state index in [0.29, 0.717) is 11.5 Å². The summed E-state index contributed by atoms with van der Waals surface area (Å²) < 4.78 is 11.5. The number of phenolic OH excluding ortho intramolecular Hbond substituents is 1. The van der Waals surface area contributed by atoms with Crippen molar-refractivity contribution >= 4 is 6.21 Å². The molecule has 0 unspecified atom stereocenters. The Hall–Kier alpha value is -2.57. The molecule has 0 amide bonds. The zero-order valence-electron chi connectivity index (χ0n) is 9.94. The number of phenols is 1. The predicted molar refractivity (Wildman–Crippen MR) is 64.2 cm³/mol. The molecule has 1 aromatic carbocycles. The van der Waals surface area contributed by atoms with Crippen LogP contribution in [-0.2, 0) is 0 Å². The highest BCUT2D eigenvalue weighted by atomic mass is 16.5. The summed E-state index contributed by atoms with van der Waals surface area (Å²) in [6.07, 6.45) is 4.50. The number of aromatic nitrogens is 3. The van der Waals surface area contributed by atoms with Crippen molar-refractivity contribution < 1.29 is 14.6 Å². The van der Waals surface area contributed by atoms with Crippen molar-refractivity contribution in [3.05, 3.63) is 30.4 Å². The van der Waals surface area contributed by atoms with Crippen LogP contribution in [0.5, 0.6) is 17.2 Å². The van der Waals surface area contributed by atoms with Crippen LogP contribution in [0.3, 0.4) is 0 Å². The molecule has 7 heteroatoms. The van der Waals surface area contributed by atoms with Gasteiger partial charge < -0.3 is 14.6 Å². The minimum absolute atomic E-state index is 0.0403. The summed E-state index contributed by atoms with van der Waals surface area (Å²) in [7, 11) is 2.93. The van der Waals surface area contributed by atoms with Gasteiger partial charge in [-0.1, -0.05) is 0 Å². The minimum Gasteiger partial charge on any atom is -0.502 e. The lowest BCUT2D eigenvalue weighted by atomic mass is 10.2. The summed E-state index contributed by atoms with van der Waals surface area (Å²) in [6.45, 7) is 0. The van der Waals surface area contributed by atoms with E-state index in [1.807, 2.05) is 0 Å². The molecule has 2 aromatic rings. The molecule has 0 fully saturated rings. The third kappa shape index (κ3) is 2.40. The molecule has 0 radical (unpaired) electrons. The lowest BCUT2D eigenvalue weighted by Gasteiger charge is -2.09. The van der Waals surface area contributed by atoms with Crippen LogP contribution in [0.2, 0.25) is 0 Å². The van der Waals surface area contributed by atoms with Crippen LogP contribution >= 0.6 is 0 Å². The van der Waals surface area contributed by atoms with Crippen molar-refractivity contribution in [1.29, 1.82) is 0 Å². The Kier molecular flexibility index (Phi) is 3.42. The Labute approximate surface area is 103 Å². The lowest BCUT2D eigenvalue weighted by Crippen LogP contribution is -1.93. The molecule has 94 valence electrons. The second-order valence-corrected chi connectivity index (χ2v) is 3.36. The van der Waals surface area contributed by atoms with Crippen LogP contribution in [-0.4, -0.2) is 40.4 Å². The van der Waals surface area contributed by atoms with Crippen LogP contribution in [0, 0.1) is 0 Å². The van der Waals surface area contributed by atoms with Crippen molar-refractivity contribution in [2.45, 2.75) is 0 Å². The van der Waals surface area contributed by atoms with E-state index in [9.17, 15) is 5.11 Å². The van der Waals surface area contributed by atoms with Crippen LogP contribution in [0.1, 0.15) is 5.56 Å². The Morgan fingerprint density at radius 1 is 1.17 bits per heavy atom. The molecule has 1 heterocycles. The van der Waals surface area contributed by atoms with E-state index in [4.69, 9.17) is 9.47 Å². The SMILES string of the molecule is COc1cc(/C=N\n2cnnc2)cc(OC)c1O. The van der Waals surface area contributed by atoms with Gasteiger partial charge in [0.05, 0.1) is 20.4 Å². The van der Waals surface area contributed by atoms with Gasteiger partial charge in [-0.05, 0) is 12.1 Å². The summed E-state index contributed by atoms with van der Waals surface area (Å²) in [4.78, 5) is 0. The van der Waals surface area contributed by atoms with E-state index >= 15 is 0 Å². The fourth-order valence-electron chi connectivity index (χ4n) is 1.38. The predicted octanol–water partition coefficient (Wildman–Crippen LogP) is 0.883. The summed E-state index contributed by atoms with van der Waals surface area (Å²) in [5, 5.41) is 21.1. The Bertz CT molecular complexity index is 526. The van der Waals surface area contributed by atoms with Gasteiger partial charge in [0.2, 0.25) is 5.75 Å². The quantitative estimate of drug-likeness (QED) is 0.812. The monoisotopic (exact) mass is 248 g/mol. The second-order valence-electron chi connectivity index (χ2n) is 3.36. The standard InChI is InChI=1S/C11H12N4O3/c1-17-9-3-8(4-10(18-2)11(9)16)5-14-15-6-12-13-7-15/h3-7,16H,1-2H3/b14-5-. The zero-order valence-corrected chi connectivity index (χ0v) is 9.94. The van der Waals surface area contributed by atoms with Crippen molar-refractivity contribution in [3.8, 4) is 17.2 Å². The van der Waals surface area contributed by atoms with E-state index in [2.05, 4.69) is 15.3 Å². The highest BCUT2D eigenvalue weighted by Gasteiger charge is 2.10. The molecule has 0 aliphatic heterocycles. The number of aromatic hydroxyl groups is 1. The largest absolute Gasteiger partial charge is 0.502 e. The van der Waals surface area contributed by atoms with Gasteiger partial charge in [-0.3, -0.25) is 0 Å². The summed E-state index contributed by atoms with van der Waals surface area (Å²) in [5.74, 6) is 0.598. The van der Waals surface area contributed by atoms with Crippen LogP contribution in [0.4, 0.5) is 0 Å². The summed E-state index contributed by atoms with van der Waals surface area (Å²) >= 11 is 0. The first-order chi connectivity index (χ1) is 8.74. The van der Waals surface area contributed by atoms with E-state index in [0.717, 1.165) is 5.56 Å². The molecule has 7 nitrogen and oxygen atoms in total. The minimum atomic E-state index is -0.0403. The molecule has 0 saturated carbocycles. The number of nitrogens with zero attached hydrogens (tertiary/aromatic N) is 4. The van der Waals surface area contributed by atoms with Crippen molar-refractivity contribution in [2.24, 2.45) is 5.10 Å². The van der Waals surface area contributed by atoms with Gasteiger partial charge in [-0.25, -0.2) is 4.68 Å². The zero-order chi connectivity index (χ0) is 13.0. The number of methoxy groups -OCH3 is 2. The van der Waals surface area contributed by atoms with Crippen molar-refractivity contribution in [2.75, 3.05) is 14.2 Å². The third-order valence-corrected chi connectivity index (χ3v) is 2.25. The second kappa shape index (κ2) is 5.17. The van der Waals surface area contributed by atoms with E-state index < -0.39 is 0 Å². The van der Waals surface area contributed by atoms with E-state index in [-0.39, 0.29) is 5.75 Å². The molecule has 1 aromatic heterocycles. The van der Waals surface area contributed by atoms with E-state index in [1.54, 1.807) is 18.3 Å². The molecule has 1 N–H and O–H groups in total. The summed E-state index contributed by atoms with van der Waals surface area (Å²) in [6, 6.07) is 3.29. The maximum atomic E-state index is 9.75. The molecule has 0 aliphatic carbocycles. The van der Waals surface area contributed by atoms with Crippen LogP contribution in [0.25, 0.3) is 0 Å². The number of hydrogen-bond donors (Lipinski definition) is 1. The first-order valence-electron chi connectivity index (χ1n) is 5.08. The Balaban J connectivity index is 2.33. The van der Waals surface area contributed by atoms with Crippen LogP contribution in [0.15, 0.2) is 29.9 Å². The highest BCUT2D eigenvalue weighted by Crippen LogP contribution is 2.36. The topological polar surface area (TPSA) is 81.8 Å². The number of hydrogen-bond acceptors (Lipinski definition) is 6. The van der Waals surface area contributed by atoms with Gasteiger partial charge in [0.15, 0.2) is 11.5 Å². The first kappa shape index (κ1) is 11.9. The number of benzene rings is 1. The Morgan fingerprint density at radius 2 is 1.72 bits per heavy atom. The van der Waals surface area contributed by atoms with Gasteiger partial charge in [-0.15, -0.1) is 10.2 Å². The van der Waals surface area contributed by atoms with Gasteiger partial charge in [0.25, 0.3) is 0 Å². The molecule has 0 bridgehead atoms. The number of rotatable bonds is 4. The van der Waals surface area contributed by atoms with Crippen molar-refractivity contribution in [3.63, 3.8) is 0 Å². The molecule has 18 heavy (non-hydrogen) atoms. The van der Waals surface area contributed by atoms with Gasteiger partial charge in [0.1, 0.15) is 12.7 Å². The maximum absolute atomic E-state index is 9.75. The highest BCUT2D eigenvalue weighted by molar-refractivity contribution is 5.82. The third-order valence-electron chi connectivity index (χ3n) is 2.25. The molecular weight excluding hydrogens is 236 g/mol. The average Bonchev–Trinajstić information content (AvgIpc) is 2.90. The van der Waals surface area contributed by atoms with Gasteiger partial charge in [-0.2, -0.15) is 5.10 Å². The smallest absolute Gasteiger partial charge is 0.200 e. The average molecular weight is 248 g/mol. The fraction of sp³-hybridized carbons (Fsp3) is 0.182. The molecule has 0 atom stereocenters. The van der Waals surface area contributed by atoms with Crippen molar-refractivity contribution in [1.82, 2.24) is 14.9 Å².